The van der Waals surface area contributed by atoms with Crippen LogP contribution in [0.5, 0.6) is 0 Å². The predicted octanol–water partition coefficient (Wildman–Crippen LogP) is 14.4. The summed E-state index contributed by atoms with van der Waals surface area (Å²) in [5.41, 5.74) is 11.8. The van der Waals surface area contributed by atoms with Crippen LogP contribution in [0.4, 0.5) is 34.1 Å². The molecule has 53 heavy (non-hydrogen) atoms. The second-order valence-electron chi connectivity index (χ2n) is 14.6. The van der Waals surface area contributed by atoms with Gasteiger partial charge in [-0.05, 0) is 80.7 Å². The minimum Gasteiger partial charge on any atom is -0.310 e. The maximum atomic E-state index is 2.53. The third kappa shape index (κ3) is 5.02. The summed E-state index contributed by atoms with van der Waals surface area (Å²) >= 11 is 0. The first-order valence-electron chi connectivity index (χ1n) is 18.4. The molecule has 0 bridgehead atoms. The van der Waals surface area contributed by atoms with Crippen molar-refractivity contribution in [2.24, 2.45) is 0 Å². The molecule has 2 heteroatoms. The average Bonchev–Trinajstić information content (AvgIpc) is 3.21. The Kier molecular flexibility index (Phi) is 7.19. The quantitative estimate of drug-likeness (QED) is 0.179. The van der Waals surface area contributed by atoms with Crippen LogP contribution < -0.4 is 9.80 Å². The monoisotopic (exact) mass is 678 g/mol. The lowest BCUT2D eigenvalue weighted by Gasteiger charge is -2.43. The van der Waals surface area contributed by atoms with Crippen LogP contribution >= 0.6 is 0 Å². The molecular weight excluding hydrogens is 641 g/mol. The summed E-state index contributed by atoms with van der Waals surface area (Å²) < 4.78 is 0. The first kappa shape index (κ1) is 31.1. The second-order valence-corrected chi connectivity index (χ2v) is 14.6. The van der Waals surface area contributed by atoms with Crippen LogP contribution in [0, 0.1) is 0 Å². The van der Waals surface area contributed by atoms with E-state index in [9.17, 15) is 0 Å². The van der Waals surface area contributed by atoms with E-state index in [2.05, 4.69) is 218 Å². The molecule has 0 radical (unpaired) electrons. The van der Waals surface area contributed by atoms with E-state index < -0.39 is 0 Å². The van der Waals surface area contributed by atoms with Gasteiger partial charge in [0, 0.05) is 33.1 Å². The van der Waals surface area contributed by atoms with Crippen molar-refractivity contribution in [3.8, 4) is 11.1 Å². The molecule has 0 N–H and O–H groups in total. The molecule has 252 valence electrons. The Bertz CT molecular complexity index is 2830. The molecule has 1 aliphatic rings. The van der Waals surface area contributed by atoms with E-state index in [1.165, 1.54) is 71.6 Å². The number of fused-ring (bicyclic) bond motifs is 5. The molecule has 0 aromatic heterocycles. The molecule has 10 rings (SSSR count). The largest absolute Gasteiger partial charge is 0.310 e. The van der Waals surface area contributed by atoms with Gasteiger partial charge in [0.15, 0.2) is 0 Å². The number of nitrogens with zero attached hydrogens (tertiary/aromatic N) is 2. The van der Waals surface area contributed by atoms with E-state index in [0.29, 0.717) is 0 Å². The van der Waals surface area contributed by atoms with E-state index in [1.807, 2.05) is 0 Å². The zero-order valence-electron chi connectivity index (χ0n) is 29.9. The summed E-state index contributed by atoms with van der Waals surface area (Å²) in [7, 11) is 0. The van der Waals surface area contributed by atoms with Gasteiger partial charge in [-0.3, -0.25) is 0 Å². The molecule has 9 aromatic rings. The van der Waals surface area contributed by atoms with Gasteiger partial charge >= 0.3 is 0 Å². The highest BCUT2D eigenvalue weighted by molar-refractivity contribution is 6.08. The van der Waals surface area contributed by atoms with Gasteiger partial charge in [-0.2, -0.15) is 0 Å². The molecule has 0 saturated heterocycles. The van der Waals surface area contributed by atoms with E-state index in [4.69, 9.17) is 0 Å². The smallest absolute Gasteiger partial charge is 0.0618 e. The van der Waals surface area contributed by atoms with Crippen molar-refractivity contribution < 1.29 is 0 Å². The lowest BCUT2D eigenvalue weighted by atomic mass is 9.73. The van der Waals surface area contributed by atoms with Crippen LogP contribution in [0.25, 0.3) is 43.4 Å². The lowest BCUT2D eigenvalue weighted by Crippen LogP contribution is -2.31. The third-order valence-electron chi connectivity index (χ3n) is 11.2. The second kappa shape index (κ2) is 12.3. The van der Waals surface area contributed by atoms with Gasteiger partial charge < -0.3 is 9.80 Å². The lowest BCUT2D eigenvalue weighted by molar-refractivity contribution is 0.632. The van der Waals surface area contributed by atoms with Crippen LogP contribution in [0.1, 0.15) is 25.0 Å². The molecule has 2 nitrogen and oxygen atoms in total. The molecule has 0 atom stereocenters. The Labute approximate surface area is 310 Å². The molecule has 1 aliphatic heterocycles. The van der Waals surface area contributed by atoms with Crippen LogP contribution in [0.3, 0.4) is 0 Å². The van der Waals surface area contributed by atoms with E-state index in [0.717, 1.165) is 17.1 Å². The highest BCUT2D eigenvalue weighted by Gasteiger charge is 2.38. The zero-order valence-corrected chi connectivity index (χ0v) is 29.9. The van der Waals surface area contributed by atoms with Gasteiger partial charge in [0.1, 0.15) is 0 Å². The third-order valence-corrected chi connectivity index (χ3v) is 11.2. The Balaban J connectivity index is 1.25. The Morgan fingerprint density at radius 3 is 1.83 bits per heavy atom. The fraction of sp³-hybridized carbons (Fsp3) is 0.0588. The summed E-state index contributed by atoms with van der Waals surface area (Å²) in [5.74, 6) is 0. The Morgan fingerprint density at radius 2 is 1.00 bits per heavy atom. The summed E-state index contributed by atoms with van der Waals surface area (Å²) in [6.07, 6.45) is 0. The first-order valence-corrected chi connectivity index (χ1v) is 18.4. The maximum Gasteiger partial charge on any atom is 0.0618 e. The molecule has 0 aliphatic carbocycles. The van der Waals surface area contributed by atoms with Gasteiger partial charge in [-0.1, -0.05) is 166 Å². The van der Waals surface area contributed by atoms with Crippen molar-refractivity contribution in [3.05, 3.63) is 205 Å². The van der Waals surface area contributed by atoms with Crippen molar-refractivity contribution in [2.75, 3.05) is 9.80 Å². The standard InChI is InChI=1S/C51H38N2/c1-51(2)45-24-12-13-25-48(45)53(50-43-23-11-9-19-38(43)28-31-44(50)37-16-4-3-5-17-37)49-32-30-41(34-46(49)51)52(40-29-27-35-15-6-7-20-39(35)33-40)47-26-14-21-36-18-8-10-22-42(36)47/h3-34H,1-2H3. The van der Waals surface area contributed by atoms with Crippen LogP contribution in [-0.4, -0.2) is 0 Å². The summed E-state index contributed by atoms with van der Waals surface area (Å²) in [6.45, 7) is 4.76. The van der Waals surface area contributed by atoms with Gasteiger partial charge in [0.25, 0.3) is 0 Å². The average molecular weight is 679 g/mol. The molecule has 0 spiro atoms. The normalized spacial score (nSPS) is 13.2. The van der Waals surface area contributed by atoms with Gasteiger partial charge in [-0.15, -0.1) is 0 Å². The molecule has 0 fully saturated rings. The van der Waals surface area contributed by atoms with Gasteiger partial charge in [0.2, 0.25) is 0 Å². The SMILES string of the molecule is CC1(C)c2ccccc2N(c2c(-c3ccccc3)ccc3ccccc23)c2ccc(N(c3ccc4ccccc4c3)c3cccc4ccccc34)cc21. The summed E-state index contributed by atoms with van der Waals surface area (Å²) in [5, 5.41) is 7.34. The van der Waals surface area contributed by atoms with Crippen molar-refractivity contribution >= 4 is 66.4 Å². The van der Waals surface area contributed by atoms with E-state index in [1.54, 1.807) is 0 Å². The predicted molar refractivity (Wildman–Crippen MR) is 226 cm³/mol. The topological polar surface area (TPSA) is 6.48 Å². The van der Waals surface area contributed by atoms with E-state index in [-0.39, 0.29) is 5.41 Å². The highest BCUT2D eigenvalue weighted by atomic mass is 15.2. The molecular formula is C51H38N2. The highest BCUT2D eigenvalue weighted by Crippen LogP contribution is 2.56. The zero-order chi connectivity index (χ0) is 35.5. The molecule has 9 aromatic carbocycles. The number of para-hydroxylation sites is 1. The van der Waals surface area contributed by atoms with E-state index >= 15 is 0 Å². The number of benzene rings is 9. The minimum atomic E-state index is -0.274. The molecule has 1 heterocycles. The van der Waals surface area contributed by atoms with Crippen molar-refractivity contribution in [3.63, 3.8) is 0 Å². The van der Waals surface area contributed by atoms with Gasteiger partial charge in [0.05, 0.1) is 22.7 Å². The number of hydrogen-bond acceptors (Lipinski definition) is 2. The number of hydrogen-bond donors (Lipinski definition) is 0. The van der Waals surface area contributed by atoms with Crippen molar-refractivity contribution in [1.82, 2.24) is 0 Å². The van der Waals surface area contributed by atoms with Crippen molar-refractivity contribution in [1.29, 1.82) is 0 Å². The summed E-state index contributed by atoms with van der Waals surface area (Å²) in [6, 6.07) is 71.1. The Hall–Kier alpha value is -6.64. The van der Waals surface area contributed by atoms with Crippen LogP contribution in [0.2, 0.25) is 0 Å². The fourth-order valence-corrected chi connectivity index (χ4v) is 8.56. The van der Waals surface area contributed by atoms with Crippen LogP contribution in [0.15, 0.2) is 194 Å². The fourth-order valence-electron chi connectivity index (χ4n) is 8.56. The molecule has 0 saturated carbocycles. The minimum absolute atomic E-state index is 0.274. The number of anilines is 6. The van der Waals surface area contributed by atoms with Crippen LogP contribution in [-0.2, 0) is 5.41 Å². The van der Waals surface area contributed by atoms with Gasteiger partial charge in [-0.25, -0.2) is 0 Å². The first-order chi connectivity index (χ1) is 26.1. The molecule has 0 unspecified atom stereocenters. The maximum absolute atomic E-state index is 2.53. The van der Waals surface area contributed by atoms with Crippen molar-refractivity contribution in [2.45, 2.75) is 19.3 Å². The Morgan fingerprint density at radius 1 is 0.415 bits per heavy atom. The number of rotatable bonds is 5. The molecule has 0 amide bonds. The summed E-state index contributed by atoms with van der Waals surface area (Å²) in [4.78, 5) is 4.98.